The van der Waals surface area contributed by atoms with Gasteiger partial charge in [-0.25, -0.2) is 9.67 Å². The van der Waals surface area contributed by atoms with E-state index in [2.05, 4.69) is 22.7 Å². The highest BCUT2D eigenvalue weighted by Crippen LogP contribution is 2.43. The van der Waals surface area contributed by atoms with Gasteiger partial charge in [0.15, 0.2) is 5.96 Å². The number of hydrogen-bond acceptors (Lipinski definition) is 4. The number of ether oxygens (including phenoxy) is 2. The molecule has 7 nitrogen and oxygen atoms in total. The second kappa shape index (κ2) is 10.3. The van der Waals surface area contributed by atoms with Crippen LogP contribution in [-0.2, 0) is 11.3 Å². The molecule has 0 amide bonds. The highest BCUT2D eigenvalue weighted by atomic mass is 16.5. The molecule has 0 aliphatic heterocycles. The first-order chi connectivity index (χ1) is 14.2. The Kier molecular flexibility index (Phi) is 7.52. The number of guanidine groups is 1. The van der Waals surface area contributed by atoms with E-state index in [0.29, 0.717) is 12.0 Å². The van der Waals surface area contributed by atoms with Gasteiger partial charge in [0.1, 0.15) is 5.75 Å². The highest BCUT2D eigenvalue weighted by Gasteiger charge is 2.36. The van der Waals surface area contributed by atoms with E-state index in [4.69, 9.17) is 14.5 Å². The van der Waals surface area contributed by atoms with Crippen molar-refractivity contribution in [2.24, 2.45) is 10.4 Å². The largest absolute Gasteiger partial charge is 0.497 e. The van der Waals surface area contributed by atoms with E-state index in [1.165, 1.54) is 19.3 Å². The van der Waals surface area contributed by atoms with Crippen LogP contribution in [0.5, 0.6) is 5.75 Å². The number of hydrogen-bond donors (Lipinski definition) is 2. The molecule has 0 radical (unpaired) electrons. The summed E-state index contributed by atoms with van der Waals surface area (Å²) in [6.07, 6.45) is 6.88. The van der Waals surface area contributed by atoms with Crippen LogP contribution in [0.4, 0.5) is 0 Å². The zero-order valence-electron chi connectivity index (χ0n) is 17.8. The Labute approximate surface area is 173 Å². The van der Waals surface area contributed by atoms with Gasteiger partial charge in [-0.05, 0) is 61.9 Å². The number of aromatic nitrogens is 2. The Morgan fingerprint density at radius 1 is 1.17 bits per heavy atom. The molecule has 0 unspecified atom stereocenters. The van der Waals surface area contributed by atoms with E-state index in [1.807, 2.05) is 41.2 Å². The number of nitrogens with one attached hydrogen (secondary N) is 2. The summed E-state index contributed by atoms with van der Waals surface area (Å²) in [5.74, 6) is 1.68. The SMILES string of the molecule is CCNC(=NCc1ccn(-c2ccc(OC)cc2)n1)NCC1(CCOC)CCC1. The van der Waals surface area contributed by atoms with Gasteiger partial charge in [-0.2, -0.15) is 5.10 Å². The number of rotatable bonds is 10. The van der Waals surface area contributed by atoms with Crippen molar-refractivity contribution in [3.8, 4) is 11.4 Å². The van der Waals surface area contributed by atoms with Gasteiger partial charge >= 0.3 is 0 Å². The molecule has 0 spiro atoms. The molecule has 0 atom stereocenters. The Balaban J connectivity index is 1.59. The molecule has 1 aliphatic rings. The van der Waals surface area contributed by atoms with E-state index in [1.54, 1.807) is 14.2 Å². The van der Waals surface area contributed by atoms with Crippen molar-refractivity contribution in [2.75, 3.05) is 33.9 Å². The van der Waals surface area contributed by atoms with Crippen LogP contribution >= 0.6 is 0 Å². The molecular weight excluding hydrogens is 366 g/mol. The summed E-state index contributed by atoms with van der Waals surface area (Å²) < 4.78 is 12.4. The number of nitrogens with zero attached hydrogens (tertiary/aromatic N) is 3. The Hall–Kier alpha value is -2.54. The van der Waals surface area contributed by atoms with Crippen LogP contribution in [0.3, 0.4) is 0 Å². The van der Waals surface area contributed by atoms with E-state index in [9.17, 15) is 0 Å². The molecule has 1 heterocycles. The van der Waals surface area contributed by atoms with Crippen molar-refractivity contribution >= 4 is 5.96 Å². The van der Waals surface area contributed by atoms with Crippen molar-refractivity contribution in [3.05, 3.63) is 42.2 Å². The van der Waals surface area contributed by atoms with Gasteiger partial charge in [-0.1, -0.05) is 6.42 Å². The lowest BCUT2D eigenvalue weighted by Crippen LogP contribution is -2.47. The van der Waals surface area contributed by atoms with Gasteiger partial charge in [0.05, 0.1) is 25.0 Å². The fourth-order valence-electron chi connectivity index (χ4n) is 3.61. The smallest absolute Gasteiger partial charge is 0.191 e. The van der Waals surface area contributed by atoms with Crippen molar-refractivity contribution in [1.29, 1.82) is 0 Å². The van der Waals surface area contributed by atoms with Gasteiger partial charge in [-0.15, -0.1) is 0 Å². The van der Waals surface area contributed by atoms with E-state index < -0.39 is 0 Å². The normalized spacial score (nSPS) is 15.6. The van der Waals surface area contributed by atoms with Crippen LogP contribution in [0.25, 0.3) is 5.69 Å². The minimum Gasteiger partial charge on any atom is -0.497 e. The lowest BCUT2D eigenvalue weighted by atomic mass is 9.67. The zero-order valence-corrected chi connectivity index (χ0v) is 17.8. The summed E-state index contributed by atoms with van der Waals surface area (Å²) in [5, 5.41) is 11.5. The topological polar surface area (TPSA) is 72.7 Å². The predicted molar refractivity (Wildman–Crippen MR) is 116 cm³/mol. The van der Waals surface area contributed by atoms with E-state index >= 15 is 0 Å². The standard InChI is InChI=1S/C22H33N5O2/c1-4-23-21(25-17-22(11-5-12-22)13-15-28-2)24-16-18-10-14-27(26-18)19-6-8-20(29-3)9-7-19/h6-10,14H,4-5,11-13,15-17H2,1-3H3,(H2,23,24,25). The second-order valence-electron chi connectivity index (χ2n) is 7.59. The van der Waals surface area contributed by atoms with Gasteiger partial charge in [0.2, 0.25) is 0 Å². The summed E-state index contributed by atoms with van der Waals surface area (Å²) in [6, 6.07) is 9.85. The summed E-state index contributed by atoms with van der Waals surface area (Å²) in [7, 11) is 3.44. The molecule has 7 heteroatoms. The van der Waals surface area contributed by atoms with Gasteiger partial charge in [0, 0.05) is 33.0 Å². The summed E-state index contributed by atoms with van der Waals surface area (Å²) in [4.78, 5) is 4.73. The molecule has 2 aromatic rings. The van der Waals surface area contributed by atoms with Gasteiger partial charge in [-0.3, -0.25) is 0 Å². The average molecular weight is 400 g/mol. The molecule has 0 bridgehead atoms. The maximum atomic E-state index is 5.29. The van der Waals surface area contributed by atoms with Crippen LogP contribution in [0.2, 0.25) is 0 Å². The predicted octanol–water partition coefficient (Wildman–Crippen LogP) is 3.14. The van der Waals surface area contributed by atoms with Gasteiger partial charge < -0.3 is 20.1 Å². The summed E-state index contributed by atoms with van der Waals surface area (Å²) in [5.41, 5.74) is 2.27. The molecule has 2 N–H and O–H groups in total. The third-order valence-corrected chi connectivity index (χ3v) is 5.61. The lowest BCUT2D eigenvalue weighted by Gasteiger charge is -2.42. The van der Waals surface area contributed by atoms with Crippen molar-refractivity contribution in [1.82, 2.24) is 20.4 Å². The zero-order chi connectivity index (χ0) is 20.5. The van der Waals surface area contributed by atoms with E-state index in [0.717, 1.165) is 49.2 Å². The monoisotopic (exact) mass is 399 g/mol. The molecule has 29 heavy (non-hydrogen) atoms. The van der Waals surface area contributed by atoms with Crippen LogP contribution in [0.15, 0.2) is 41.5 Å². The second-order valence-corrected chi connectivity index (χ2v) is 7.59. The van der Waals surface area contributed by atoms with Crippen LogP contribution in [0, 0.1) is 5.41 Å². The highest BCUT2D eigenvalue weighted by molar-refractivity contribution is 5.79. The first kappa shape index (κ1) is 21.2. The van der Waals surface area contributed by atoms with Gasteiger partial charge in [0.25, 0.3) is 0 Å². The molecule has 3 rings (SSSR count). The lowest BCUT2D eigenvalue weighted by molar-refractivity contribution is 0.0732. The maximum Gasteiger partial charge on any atom is 0.191 e. The molecule has 1 aromatic carbocycles. The van der Waals surface area contributed by atoms with Crippen molar-refractivity contribution in [3.63, 3.8) is 0 Å². The molecule has 1 saturated carbocycles. The minimum atomic E-state index is 0.349. The Bertz CT molecular complexity index is 781. The number of benzene rings is 1. The molecule has 1 aliphatic carbocycles. The molecular formula is C22H33N5O2. The van der Waals surface area contributed by atoms with Crippen LogP contribution in [-0.4, -0.2) is 49.7 Å². The summed E-state index contributed by atoms with van der Waals surface area (Å²) in [6.45, 7) is 5.20. The first-order valence-corrected chi connectivity index (χ1v) is 10.4. The molecule has 1 fully saturated rings. The molecule has 158 valence electrons. The quantitative estimate of drug-likeness (QED) is 0.474. The maximum absolute atomic E-state index is 5.29. The molecule has 1 aromatic heterocycles. The van der Waals surface area contributed by atoms with Crippen molar-refractivity contribution in [2.45, 2.75) is 39.2 Å². The molecule has 0 saturated heterocycles. The first-order valence-electron chi connectivity index (χ1n) is 10.4. The third-order valence-electron chi connectivity index (χ3n) is 5.61. The fourth-order valence-corrected chi connectivity index (χ4v) is 3.61. The summed E-state index contributed by atoms with van der Waals surface area (Å²) >= 11 is 0. The third kappa shape index (κ3) is 5.73. The van der Waals surface area contributed by atoms with Crippen LogP contribution in [0.1, 0.15) is 38.3 Å². The Morgan fingerprint density at radius 2 is 1.97 bits per heavy atom. The minimum absolute atomic E-state index is 0.349. The van der Waals surface area contributed by atoms with E-state index in [-0.39, 0.29) is 0 Å². The van der Waals surface area contributed by atoms with Crippen LogP contribution < -0.4 is 15.4 Å². The number of aliphatic imine (C=N–C) groups is 1. The average Bonchev–Trinajstić information content (AvgIpc) is 3.20. The Morgan fingerprint density at radius 3 is 2.59 bits per heavy atom. The fraction of sp³-hybridized carbons (Fsp3) is 0.545. The number of methoxy groups -OCH3 is 2. The van der Waals surface area contributed by atoms with Crippen molar-refractivity contribution < 1.29 is 9.47 Å².